The number of nitrogens with zero attached hydrogens (tertiary/aromatic N) is 3. The van der Waals surface area contributed by atoms with Crippen molar-refractivity contribution in [3.63, 3.8) is 0 Å². The molecule has 0 aliphatic carbocycles. The van der Waals surface area contributed by atoms with E-state index in [1.807, 2.05) is 43.9 Å². The van der Waals surface area contributed by atoms with E-state index in [1.54, 1.807) is 11.3 Å². The van der Waals surface area contributed by atoms with E-state index in [0.717, 1.165) is 47.1 Å². The minimum Gasteiger partial charge on any atom is -0.444 e. The molecule has 7 heteroatoms. The Morgan fingerprint density at radius 1 is 1.48 bits per heavy atom. The number of amides is 1. The van der Waals surface area contributed by atoms with E-state index in [0.29, 0.717) is 5.92 Å². The Morgan fingerprint density at radius 2 is 2.24 bits per heavy atom. The molecule has 2 N–H and O–H groups in total. The van der Waals surface area contributed by atoms with Crippen molar-refractivity contribution in [2.45, 2.75) is 32.8 Å². The quantitative estimate of drug-likeness (QED) is 0.845. The molecule has 6 nitrogen and oxygen atoms in total. The average molecular weight is 362 g/mol. The third-order valence-corrected chi connectivity index (χ3v) is 5.33. The van der Waals surface area contributed by atoms with Crippen LogP contribution in [0.2, 0.25) is 0 Å². The largest absolute Gasteiger partial charge is 0.444 e. The van der Waals surface area contributed by atoms with Crippen molar-refractivity contribution in [3.05, 3.63) is 18.2 Å². The van der Waals surface area contributed by atoms with Gasteiger partial charge in [-0.1, -0.05) is 11.3 Å². The maximum Gasteiger partial charge on any atom is 0.410 e. The number of fused-ring (bicyclic) bond motifs is 1. The molecule has 1 saturated heterocycles. The van der Waals surface area contributed by atoms with Gasteiger partial charge in [0.05, 0.1) is 10.2 Å². The zero-order valence-electron chi connectivity index (χ0n) is 15.3. The third-order valence-electron chi connectivity index (χ3n) is 4.20. The van der Waals surface area contributed by atoms with Crippen LogP contribution in [0.5, 0.6) is 0 Å². The predicted octanol–water partition coefficient (Wildman–Crippen LogP) is 3.57. The van der Waals surface area contributed by atoms with Crippen LogP contribution in [-0.4, -0.2) is 48.3 Å². The van der Waals surface area contributed by atoms with Gasteiger partial charge >= 0.3 is 6.09 Å². The molecule has 2 aromatic rings. The molecule has 1 aliphatic rings. The molecule has 0 bridgehead atoms. The first-order chi connectivity index (χ1) is 11.7. The molecular weight excluding hydrogens is 336 g/mol. The highest BCUT2D eigenvalue weighted by Crippen LogP contribution is 2.30. The molecule has 3 rings (SSSR count). The Hall–Kier alpha value is -2.02. The monoisotopic (exact) mass is 362 g/mol. The van der Waals surface area contributed by atoms with E-state index in [1.165, 1.54) is 0 Å². The van der Waals surface area contributed by atoms with Crippen LogP contribution in [0.25, 0.3) is 10.2 Å². The van der Waals surface area contributed by atoms with Gasteiger partial charge in [-0.25, -0.2) is 9.78 Å². The number of anilines is 2. The summed E-state index contributed by atoms with van der Waals surface area (Å²) in [5.41, 5.74) is 7.13. The van der Waals surface area contributed by atoms with E-state index < -0.39 is 5.60 Å². The van der Waals surface area contributed by atoms with Crippen molar-refractivity contribution in [1.82, 2.24) is 9.88 Å². The van der Waals surface area contributed by atoms with Gasteiger partial charge in [-0.05, 0) is 51.3 Å². The Morgan fingerprint density at radius 3 is 2.96 bits per heavy atom. The average Bonchev–Trinajstić information content (AvgIpc) is 3.11. The number of nitrogens with two attached hydrogens (primary N) is 1. The van der Waals surface area contributed by atoms with E-state index >= 15 is 0 Å². The van der Waals surface area contributed by atoms with Gasteiger partial charge in [-0.15, -0.1) is 0 Å². The molecule has 1 amide bonds. The summed E-state index contributed by atoms with van der Waals surface area (Å²) >= 11 is 1.65. The van der Waals surface area contributed by atoms with Crippen molar-refractivity contribution in [3.8, 4) is 0 Å². The molecule has 0 radical (unpaired) electrons. The van der Waals surface area contributed by atoms with E-state index in [-0.39, 0.29) is 6.09 Å². The molecule has 1 fully saturated rings. The van der Waals surface area contributed by atoms with Gasteiger partial charge < -0.3 is 20.3 Å². The Bertz CT molecular complexity index is 768. The highest BCUT2D eigenvalue weighted by atomic mass is 32.1. The lowest BCUT2D eigenvalue weighted by atomic mass is 10.1. The number of benzene rings is 1. The summed E-state index contributed by atoms with van der Waals surface area (Å²) in [5, 5.41) is 0.983. The van der Waals surface area contributed by atoms with Gasteiger partial charge in [0.1, 0.15) is 5.60 Å². The summed E-state index contributed by atoms with van der Waals surface area (Å²) in [6.07, 6.45) is 0.773. The predicted molar refractivity (Wildman–Crippen MR) is 103 cm³/mol. The van der Waals surface area contributed by atoms with Crippen LogP contribution >= 0.6 is 11.3 Å². The number of ether oxygens (including phenoxy) is 1. The highest BCUT2D eigenvalue weighted by Gasteiger charge is 2.30. The van der Waals surface area contributed by atoms with Crippen molar-refractivity contribution < 1.29 is 9.53 Å². The lowest BCUT2D eigenvalue weighted by Gasteiger charge is -2.25. The molecule has 136 valence electrons. The van der Waals surface area contributed by atoms with Gasteiger partial charge in [-0.2, -0.15) is 0 Å². The van der Waals surface area contributed by atoms with Gasteiger partial charge in [0.25, 0.3) is 0 Å². The molecule has 1 unspecified atom stereocenters. The van der Waals surface area contributed by atoms with Crippen molar-refractivity contribution in [2.24, 2.45) is 5.92 Å². The normalized spacial score (nSPS) is 17.9. The Balaban J connectivity index is 1.59. The second-order valence-electron chi connectivity index (χ2n) is 7.69. The summed E-state index contributed by atoms with van der Waals surface area (Å²) < 4.78 is 6.56. The smallest absolute Gasteiger partial charge is 0.410 e. The van der Waals surface area contributed by atoms with Gasteiger partial charge in [0, 0.05) is 32.4 Å². The van der Waals surface area contributed by atoms with Crippen LogP contribution in [0.1, 0.15) is 27.2 Å². The molecule has 0 saturated carbocycles. The molecule has 1 atom stereocenters. The van der Waals surface area contributed by atoms with Crippen LogP contribution in [0.3, 0.4) is 0 Å². The Labute approximate surface area is 152 Å². The first kappa shape index (κ1) is 17.8. The minimum absolute atomic E-state index is 0.215. The molecule has 0 spiro atoms. The standard InChI is InChI=1S/C18H26N4O2S/c1-18(2,3)24-17(23)22-8-7-12(11-22)10-21(4)16-20-14-6-5-13(19)9-15(14)25-16/h5-6,9,12H,7-8,10-11,19H2,1-4H3. The lowest BCUT2D eigenvalue weighted by molar-refractivity contribution is 0.0288. The van der Waals surface area contributed by atoms with Crippen molar-refractivity contribution in [2.75, 3.05) is 37.3 Å². The zero-order chi connectivity index (χ0) is 18.2. The second-order valence-corrected chi connectivity index (χ2v) is 8.69. The number of carbonyl (C=O) groups is 1. The van der Waals surface area contributed by atoms with Crippen molar-refractivity contribution >= 4 is 38.5 Å². The minimum atomic E-state index is -0.450. The van der Waals surface area contributed by atoms with E-state index in [2.05, 4.69) is 16.9 Å². The number of rotatable bonds is 3. The van der Waals surface area contributed by atoms with Crippen LogP contribution in [0.4, 0.5) is 15.6 Å². The molecular formula is C18H26N4O2S. The molecule has 1 aliphatic heterocycles. The zero-order valence-corrected chi connectivity index (χ0v) is 16.1. The maximum absolute atomic E-state index is 12.2. The van der Waals surface area contributed by atoms with Gasteiger partial charge in [-0.3, -0.25) is 0 Å². The second kappa shape index (κ2) is 6.71. The third kappa shape index (κ3) is 4.34. The fourth-order valence-electron chi connectivity index (χ4n) is 3.03. The number of hydrogen-bond donors (Lipinski definition) is 1. The van der Waals surface area contributed by atoms with Crippen molar-refractivity contribution in [1.29, 1.82) is 0 Å². The molecule has 1 aromatic heterocycles. The SMILES string of the molecule is CN(CC1CCN(C(=O)OC(C)(C)C)C1)c1nc2ccc(N)cc2s1. The molecule has 1 aromatic carbocycles. The summed E-state index contributed by atoms with van der Waals surface area (Å²) in [6, 6.07) is 5.80. The highest BCUT2D eigenvalue weighted by molar-refractivity contribution is 7.22. The summed E-state index contributed by atoms with van der Waals surface area (Å²) in [4.78, 5) is 20.8. The number of likely N-dealkylation sites (tertiary alicyclic amines) is 1. The number of nitrogen functional groups attached to an aromatic ring is 1. The first-order valence-electron chi connectivity index (χ1n) is 8.56. The van der Waals surface area contributed by atoms with Crippen LogP contribution in [0, 0.1) is 5.92 Å². The lowest BCUT2D eigenvalue weighted by Crippen LogP contribution is -2.36. The number of hydrogen-bond acceptors (Lipinski definition) is 6. The number of carbonyl (C=O) groups excluding carboxylic acids is 1. The first-order valence-corrected chi connectivity index (χ1v) is 9.38. The Kier molecular flexibility index (Phi) is 4.77. The van der Waals surface area contributed by atoms with Crippen LogP contribution in [-0.2, 0) is 4.74 Å². The summed E-state index contributed by atoms with van der Waals surface area (Å²) in [5.74, 6) is 0.426. The van der Waals surface area contributed by atoms with Crippen LogP contribution < -0.4 is 10.6 Å². The topological polar surface area (TPSA) is 71.7 Å². The van der Waals surface area contributed by atoms with E-state index in [4.69, 9.17) is 10.5 Å². The van der Waals surface area contributed by atoms with Crippen LogP contribution in [0.15, 0.2) is 18.2 Å². The fraction of sp³-hybridized carbons (Fsp3) is 0.556. The summed E-state index contributed by atoms with van der Waals surface area (Å²) in [6.45, 7) is 8.04. The van der Waals surface area contributed by atoms with Gasteiger partial charge in [0.15, 0.2) is 5.13 Å². The number of aromatic nitrogens is 1. The molecule has 25 heavy (non-hydrogen) atoms. The van der Waals surface area contributed by atoms with E-state index in [9.17, 15) is 4.79 Å². The van der Waals surface area contributed by atoms with Gasteiger partial charge in [0.2, 0.25) is 0 Å². The number of thiazole rings is 1. The summed E-state index contributed by atoms with van der Waals surface area (Å²) in [7, 11) is 2.05. The fourth-order valence-corrected chi connectivity index (χ4v) is 4.02. The molecule has 2 heterocycles. The maximum atomic E-state index is 12.2.